The smallest absolute Gasteiger partial charge is 0.251 e. The third kappa shape index (κ3) is 3.44. The standard InChI is InChI=1S/C15H14Cl2N2O/c1-9(10-3-2-4-12(16)7-10)19-15(20)11-5-6-14(18)13(17)8-11/h2-9H,18H2,1H3,(H,19,20). The van der Waals surface area contributed by atoms with Crippen molar-refractivity contribution in [2.45, 2.75) is 13.0 Å². The molecule has 20 heavy (non-hydrogen) atoms. The number of nitrogens with two attached hydrogens (primary N) is 1. The van der Waals surface area contributed by atoms with Gasteiger partial charge in [0.1, 0.15) is 0 Å². The summed E-state index contributed by atoms with van der Waals surface area (Å²) < 4.78 is 0. The normalized spacial score (nSPS) is 11.9. The number of halogens is 2. The van der Waals surface area contributed by atoms with Crippen molar-refractivity contribution in [2.75, 3.05) is 5.73 Å². The maximum absolute atomic E-state index is 12.1. The maximum Gasteiger partial charge on any atom is 0.251 e. The van der Waals surface area contributed by atoms with Gasteiger partial charge < -0.3 is 11.1 Å². The van der Waals surface area contributed by atoms with Crippen LogP contribution in [0.3, 0.4) is 0 Å². The predicted molar refractivity (Wildman–Crippen MR) is 83.2 cm³/mol. The first-order valence-electron chi connectivity index (χ1n) is 6.08. The lowest BCUT2D eigenvalue weighted by atomic mass is 10.1. The van der Waals surface area contributed by atoms with Crippen LogP contribution in [0.4, 0.5) is 5.69 Å². The van der Waals surface area contributed by atoms with Gasteiger partial charge in [-0.1, -0.05) is 35.3 Å². The number of hydrogen-bond acceptors (Lipinski definition) is 2. The molecule has 0 heterocycles. The molecular weight excluding hydrogens is 295 g/mol. The molecule has 0 radical (unpaired) electrons. The second kappa shape index (κ2) is 6.16. The van der Waals surface area contributed by atoms with Crippen LogP contribution in [0.1, 0.15) is 28.9 Å². The lowest BCUT2D eigenvalue weighted by Gasteiger charge is -2.15. The summed E-state index contributed by atoms with van der Waals surface area (Å²) in [6.07, 6.45) is 0. The fourth-order valence-corrected chi connectivity index (χ4v) is 2.19. The highest BCUT2D eigenvalue weighted by Crippen LogP contribution is 2.21. The van der Waals surface area contributed by atoms with Gasteiger partial charge in [0.05, 0.1) is 16.8 Å². The van der Waals surface area contributed by atoms with E-state index in [9.17, 15) is 4.79 Å². The average molecular weight is 309 g/mol. The van der Waals surface area contributed by atoms with Crippen molar-refractivity contribution in [3.63, 3.8) is 0 Å². The zero-order valence-electron chi connectivity index (χ0n) is 10.9. The Labute approximate surface area is 127 Å². The highest BCUT2D eigenvalue weighted by atomic mass is 35.5. The van der Waals surface area contributed by atoms with Gasteiger partial charge in [-0.25, -0.2) is 0 Å². The van der Waals surface area contributed by atoms with Crippen LogP contribution in [0.5, 0.6) is 0 Å². The summed E-state index contributed by atoms with van der Waals surface area (Å²) in [6, 6.07) is 12.0. The minimum absolute atomic E-state index is 0.155. The van der Waals surface area contributed by atoms with Gasteiger partial charge in [-0.05, 0) is 42.8 Å². The second-order valence-electron chi connectivity index (χ2n) is 4.49. The van der Waals surface area contributed by atoms with Crippen molar-refractivity contribution < 1.29 is 4.79 Å². The Morgan fingerprint density at radius 1 is 1.20 bits per heavy atom. The lowest BCUT2D eigenvalue weighted by molar-refractivity contribution is 0.0940. The Morgan fingerprint density at radius 3 is 2.60 bits per heavy atom. The summed E-state index contributed by atoms with van der Waals surface area (Å²) in [6.45, 7) is 1.89. The van der Waals surface area contributed by atoms with E-state index in [1.165, 1.54) is 0 Å². The van der Waals surface area contributed by atoms with Gasteiger partial charge in [0.2, 0.25) is 0 Å². The number of nitrogen functional groups attached to an aromatic ring is 1. The molecule has 0 aliphatic carbocycles. The Bertz CT molecular complexity index is 644. The molecule has 0 fully saturated rings. The Morgan fingerprint density at radius 2 is 1.95 bits per heavy atom. The first-order chi connectivity index (χ1) is 9.47. The molecule has 2 rings (SSSR count). The molecule has 0 saturated heterocycles. The first-order valence-corrected chi connectivity index (χ1v) is 6.84. The summed E-state index contributed by atoms with van der Waals surface area (Å²) >= 11 is 11.8. The second-order valence-corrected chi connectivity index (χ2v) is 5.33. The Balaban J connectivity index is 2.13. The SMILES string of the molecule is CC(NC(=O)c1ccc(N)c(Cl)c1)c1cccc(Cl)c1. The summed E-state index contributed by atoms with van der Waals surface area (Å²) in [5.41, 5.74) is 7.48. The van der Waals surface area contributed by atoms with Gasteiger partial charge in [-0.2, -0.15) is 0 Å². The van der Waals surface area contributed by atoms with Crippen LogP contribution >= 0.6 is 23.2 Å². The minimum atomic E-state index is -0.209. The van der Waals surface area contributed by atoms with Crippen molar-refractivity contribution >= 4 is 34.8 Å². The summed E-state index contributed by atoms with van der Waals surface area (Å²) in [7, 11) is 0. The molecular formula is C15H14Cl2N2O. The summed E-state index contributed by atoms with van der Waals surface area (Å²) in [4.78, 5) is 12.1. The quantitative estimate of drug-likeness (QED) is 0.840. The molecule has 1 unspecified atom stereocenters. The van der Waals surface area contributed by atoms with E-state index >= 15 is 0 Å². The fraction of sp³-hybridized carbons (Fsp3) is 0.133. The molecule has 5 heteroatoms. The van der Waals surface area contributed by atoms with Crippen molar-refractivity contribution in [1.82, 2.24) is 5.32 Å². The molecule has 1 atom stereocenters. The van der Waals surface area contributed by atoms with Crippen molar-refractivity contribution in [2.24, 2.45) is 0 Å². The molecule has 104 valence electrons. The van der Waals surface area contributed by atoms with E-state index in [2.05, 4.69) is 5.32 Å². The van der Waals surface area contributed by atoms with Gasteiger partial charge in [0, 0.05) is 10.6 Å². The van der Waals surface area contributed by atoms with Crippen LogP contribution in [0.25, 0.3) is 0 Å². The zero-order valence-corrected chi connectivity index (χ0v) is 12.4. The molecule has 3 N–H and O–H groups in total. The average Bonchev–Trinajstić information content (AvgIpc) is 2.41. The third-order valence-electron chi connectivity index (χ3n) is 2.96. The molecule has 1 amide bonds. The van der Waals surface area contributed by atoms with E-state index < -0.39 is 0 Å². The molecule has 2 aromatic rings. The highest BCUT2D eigenvalue weighted by molar-refractivity contribution is 6.33. The third-order valence-corrected chi connectivity index (χ3v) is 3.52. The van der Waals surface area contributed by atoms with Crippen LogP contribution in [-0.2, 0) is 0 Å². The van der Waals surface area contributed by atoms with Gasteiger partial charge in [-0.15, -0.1) is 0 Å². The largest absolute Gasteiger partial charge is 0.398 e. The number of rotatable bonds is 3. The minimum Gasteiger partial charge on any atom is -0.398 e. The van der Waals surface area contributed by atoms with Crippen LogP contribution in [-0.4, -0.2) is 5.91 Å². The topological polar surface area (TPSA) is 55.1 Å². The fourth-order valence-electron chi connectivity index (χ4n) is 1.81. The molecule has 0 aromatic heterocycles. The van der Waals surface area contributed by atoms with Crippen molar-refractivity contribution in [1.29, 1.82) is 0 Å². The molecule has 2 aromatic carbocycles. The zero-order chi connectivity index (χ0) is 14.7. The van der Waals surface area contributed by atoms with Gasteiger partial charge >= 0.3 is 0 Å². The van der Waals surface area contributed by atoms with Crippen molar-refractivity contribution in [3.05, 3.63) is 63.6 Å². The molecule has 0 bridgehead atoms. The van der Waals surface area contributed by atoms with Gasteiger partial charge in [-0.3, -0.25) is 4.79 Å². The van der Waals surface area contributed by atoms with E-state index in [-0.39, 0.29) is 11.9 Å². The van der Waals surface area contributed by atoms with E-state index in [0.717, 1.165) is 5.56 Å². The van der Waals surface area contributed by atoms with Crippen LogP contribution in [0.2, 0.25) is 10.0 Å². The summed E-state index contributed by atoms with van der Waals surface area (Å²) in [5, 5.41) is 3.90. The van der Waals surface area contributed by atoms with E-state index in [0.29, 0.717) is 21.3 Å². The molecule has 3 nitrogen and oxygen atoms in total. The number of nitrogens with one attached hydrogen (secondary N) is 1. The van der Waals surface area contributed by atoms with Crippen LogP contribution in [0, 0.1) is 0 Å². The first kappa shape index (κ1) is 14.7. The molecule has 0 saturated carbocycles. The lowest BCUT2D eigenvalue weighted by Crippen LogP contribution is -2.26. The van der Waals surface area contributed by atoms with Crippen LogP contribution in [0.15, 0.2) is 42.5 Å². The molecule has 0 aliphatic rings. The maximum atomic E-state index is 12.1. The Hall–Kier alpha value is -1.71. The van der Waals surface area contributed by atoms with Gasteiger partial charge in [0.25, 0.3) is 5.91 Å². The van der Waals surface area contributed by atoms with Gasteiger partial charge in [0.15, 0.2) is 0 Å². The van der Waals surface area contributed by atoms with E-state index in [1.54, 1.807) is 24.3 Å². The molecule has 0 spiro atoms. The number of carbonyl (C=O) groups is 1. The number of benzene rings is 2. The molecule has 0 aliphatic heterocycles. The number of carbonyl (C=O) groups excluding carboxylic acids is 1. The van der Waals surface area contributed by atoms with Crippen molar-refractivity contribution in [3.8, 4) is 0 Å². The summed E-state index contributed by atoms with van der Waals surface area (Å²) in [5.74, 6) is -0.209. The van der Waals surface area contributed by atoms with E-state index in [4.69, 9.17) is 28.9 Å². The number of anilines is 1. The number of hydrogen-bond donors (Lipinski definition) is 2. The highest BCUT2D eigenvalue weighted by Gasteiger charge is 2.12. The number of amides is 1. The predicted octanol–water partition coefficient (Wildman–Crippen LogP) is 4.07. The van der Waals surface area contributed by atoms with Crippen LogP contribution < -0.4 is 11.1 Å². The monoisotopic (exact) mass is 308 g/mol. The Kier molecular flexibility index (Phi) is 4.53. The van der Waals surface area contributed by atoms with E-state index in [1.807, 2.05) is 25.1 Å².